The highest BCUT2D eigenvalue weighted by Gasteiger charge is 2.23. The number of morpholine rings is 1. The van der Waals surface area contributed by atoms with Crippen molar-refractivity contribution < 1.29 is 24.2 Å². The van der Waals surface area contributed by atoms with Gasteiger partial charge in [-0.1, -0.05) is 0 Å². The van der Waals surface area contributed by atoms with Gasteiger partial charge in [0.2, 0.25) is 11.8 Å². The van der Waals surface area contributed by atoms with Crippen LogP contribution in [0.25, 0.3) is 10.9 Å². The zero-order chi connectivity index (χ0) is 18.7. The molecule has 3 rings (SSSR count). The van der Waals surface area contributed by atoms with Gasteiger partial charge in [-0.05, 0) is 24.3 Å². The van der Waals surface area contributed by atoms with Crippen LogP contribution in [0.4, 0.5) is 5.69 Å². The minimum Gasteiger partial charge on any atom is -0.477 e. The first-order valence-electron chi connectivity index (χ1n) is 8.22. The summed E-state index contributed by atoms with van der Waals surface area (Å²) < 4.78 is 5.19. The van der Waals surface area contributed by atoms with E-state index in [2.05, 4.69) is 10.3 Å². The summed E-state index contributed by atoms with van der Waals surface area (Å²) in [6.07, 6.45) is -0.0819. The molecule has 2 aromatic rings. The Labute approximate surface area is 149 Å². The topological polar surface area (TPSA) is 138 Å². The second-order valence-electron chi connectivity index (χ2n) is 6.08. The predicted octanol–water partition coefficient (Wildman–Crippen LogP) is 0.381. The number of nitrogens with zero attached hydrogens (tertiary/aromatic N) is 1. The largest absolute Gasteiger partial charge is 0.477 e. The number of nitrogens with two attached hydrogens (primary N) is 1. The number of fused-ring (bicyclic) bond motifs is 1. The molecule has 1 aromatic heterocycles. The SMILES string of the molecule is NC(CC(=O)N1CCOCC1)C(=O)Nc1ccc2[nH]c(C(=O)O)cc2c1. The van der Waals surface area contributed by atoms with Crippen molar-refractivity contribution in [2.24, 2.45) is 5.73 Å². The van der Waals surface area contributed by atoms with Crippen molar-refractivity contribution in [1.82, 2.24) is 9.88 Å². The monoisotopic (exact) mass is 360 g/mol. The second kappa shape index (κ2) is 7.54. The minimum atomic E-state index is -1.06. The van der Waals surface area contributed by atoms with Crippen LogP contribution in [0.15, 0.2) is 24.3 Å². The molecule has 0 spiro atoms. The number of benzene rings is 1. The van der Waals surface area contributed by atoms with Gasteiger partial charge in [-0.25, -0.2) is 4.79 Å². The van der Waals surface area contributed by atoms with Gasteiger partial charge in [0.05, 0.1) is 25.7 Å². The number of ether oxygens (including phenoxy) is 1. The molecule has 1 fully saturated rings. The average molecular weight is 360 g/mol. The number of aromatic nitrogens is 1. The van der Waals surface area contributed by atoms with Crippen LogP contribution in [0.2, 0.25) is 0 Å². The number of carbonyl (C=O) groups is 3. The first-order valence-corrected chi connectivity index (χ1v) is 8.22. The van der Waals surface area contributed by atoms with E-state index in [1.54, 1.807) is 23.1 Å². The first-order chi connectivity index (χ1) is 12.4. The van der Waals surface area contributed by atoms with Gasteiger partial charge >= 0.3 is 5.97 Å². The predicted molar refractivity (Wildman–Crippen MR) is 93.9 cm³/mol. The lowest BCUT2D eigenvalue weighted by molar-refractivity contribution is -0.137. The Morgan fingerprint density at radius 2 is 2.00 bits per heavy atom. The van der Waals surface area contributed by atoms with E-state index in [-0.39, 0.29) is 18.0 Å². The Hall–Kier alpha value is -2.91. The first kappa shape index (κ1) is 17.9. The molecule has 0 aliphatic carbocycles. The number of amides is 2. The third-order valence-electron chi connectivity index (χ3n) is 4.21. The molecular formula is C17H20N4O5. The Balaban J connectivity index is 1.62. The van der Waals surface area contributed by atoms with Crippen LogP contribution in [0, 0.1) is 0 Å². The van der Waals surface area contributed by atoms with Gasteiger partial charge in [-0.2, -0.15) is 0 Å². The molecule has 0 saturated carbocycles. The number of aromatic amines is 1. The molecule has 9 nitrogen and oxygen atoms in total. The lowest BCUT2D eigenvalue weighted by Gasteiger charge is -2.27. The van der Waals surface area contributed by atoms with Crippen molar-refractivity contribution >= 4 is 34.4 Å². The van der Waals surface area contributed by atoms with E-state index in [9.17, 15) is 14.4 Å². The number of H-pyrrole nitrogens is 1. The molecule has 1 saturated heterocycles. The summed E-state index contributed by atoms with van der Waals surface area (Å²) in [5.74, 6) is -1.71. The van der Waals surface area contributed by atoms with Crippen molar-refractivity contribution in [2.75, 3.05) is 31.6 Å². The summed E-state index contributed by atoms with van der Waals surface area (Å²) in [5.41, 5.74) is 7.05. The van der Waals surface area contributed by atoms with Crippen LogP contribution < -0.4 is 11.1 Å². The fraction of sp³-hybridized carbons (Fsp3) is 0.353. The van der Waals surface area contributed by atoms with Crippen LogP contribution in [0.3, 0.4) is 0 Å². The fourth-order valence-corrected chi connectivity index (χ4v) is 2.78. The molecule has 1 aliphatic rings. The van der Waals surface area contributed by atoms with Crippen molar-refractivity contribution in [2.45, 2.75) is 12.5 Å². The summed E-state index contributed by atoms with van der Waals surface area (Å²) in [7, 11) is 0. The third-order valence-corrected chi connectivity index (χ3v) is 4.21. The summed E-state index contributed by atoms with van der Waals surface area (Å²) in [6.45, 7) is 1.98. The Kier molecular flexibility index (Phi) is 5.19. The van der Waals surface area contributed by atoms with Crippen molar-refractivity contribution in [3.63, 3.8) is 0 Å². The minimum absolute atomic E-state index is 0.0660. The smallest absolute Gasteiger partial charge is 0.352 e. The van der Waals surface area contributed by atoms with Gasteiger partial charge in [0, 0.05) is 29.7 Å². The van der Waals surface area contributed by atoms with Crippen LogP contribution in [0.5, 0.6) is 0 Å². The summed E-state index contributed by atoms with van der Waals surface area (Å²) >= 11 is 0. The normalized spacial score (nSPS) is 15.7. The van der Waals surface area contributed by atoms with Crippen LogP contribution in [0.1, 0.15) is 16.9 Å². The maximum Gasteiger partial charge on any atom is 0.352 e. The number of aromatic carboxylic acids is 1. The maximum atomic E-state index is 12.2. The Morgan fingerprint density at radius 1 is 1.27 bits per heavy atom. The fourth-order valence-electron chi connectivity index (χ4n) is 2.78. The Morgan fingerprint density at radius 3 is 2.69 bits per heavy atom. The third kappa shape index (κ3) is 4.01. The standard InChI is InChI=1S/C17H20N4O5/c18-12(9-15(22)21-3-5-26-6-4-21)16(23)19-11-1-2-13-10(7-11)8-14(20-13)17(24)25/h1-2,7-8,12,20H,3-6,9,18H2,(H,19,23)(H,24,25). The number of carbonyl (C=O) groups excluding carboxylic acids is 2. The zero-order valence-corrected chi connectivity index (χ0v) is 14.0. The zero-order valence-electron chi connectivity index (χ0n) is 14.0. The van der Waals surface area contributed by atoms with E-state index in [1.165, 1.54) is 6.07 Å². The molecule has 2 amide bonds. The number of rotatable bonds is 5. The van der Waals surface area contributed by atoms with Crippen LogP contribution in [-0.4, -0.2) is 65.1 Å². The van der Waals surface area contributed by atoms with E-state index < -0.39 is 17.9 Å². The van der Waals surface area contributed by atoms with Gasteiger partial charge in [-0.15, -0.1) is 0 Å². The van der Waals surface area contributed by atoms with Crippen LogP contribution >= 0.6 is 0 Å². The van der Waals surface area contributed by atoms with Gasteiger partial charge in [0.1, 0.15) is 5.69 Å². The van der Waals surface area contributed by atoms with Gasteiger partial charge in [0.25, 0.3) is 0 Å². The summed E-state index contributed by atoms with van der Waals surface area (Å²) in [4.78, 5) is 39.8. The molecule has 2 heterocycles. The quantitative estimate of drug-likeness (QED) is 0.608. The van der Waals surface area contributed by atoms with E-state index in [4.69, 9.17) is 15.6 Å². The van der Waals surface area contributed by atoms with E-state index in [1.807, 2.05) is 0 Å². The van der Waals surface area contributed by atoms with E-state index >= 15 is 0 Å². The lowest BCUT2D eigenvalue weighted by atomic mass is 10.1. The van der Waals surface area contributed by atoms with Crippen molar-refractivity contribution in [3.05, 3.63) is 30.0 Å². The maximum absolute atomic E-state index is 12.2. The molecule has 9 heteroatoms. The van der Waals surface area contributed by atoms with Crippen molar-refractivity contribution in [1.29, 1.82) is 0 Å². The second-order valence-corrected chi connectivity index (χ2v) is 6.08. The number of anilines is 1. The highest BCUT2D eigenvalue weighted by molar-refractivity contribution is 6.00. The molecule has 1 aliphatic heterocycles. The number of carboxylic acid groups (broad SMARTS) is 1. The molecule has 1 atom stereocenters. The number of hydrogen-bond donors (Lipinski definition) is 4. The molecule has 5 N–H and O–H groups in total. The molecule has 1 aromatic carbocycles. The average Bonchev–Trinajstić information content (AvgIpc) is 3.06. The Bertz CT molecular complexity index is 841. The molecule has 0 radical (unpaired) electrons. The number of hydrogen-bond acceptors (Lipinski definition) is 5. The van der Waals surface area contributed by atoms with Gasteiger partial charge in [-0.3, -0.25) is 9.59 Å². The molecular weight excluding hydrogens is 340 g/mol. The van der Waals surface area contributed by atoms with E-state index in [0.29, 0.717) is 42.9 Å². The highest BCUT2D eigenvalue weighted by atomic mass is 16.5. The molecule has 138 valence electrons. The van der Waals surface area contributed by atoms with Gasteiger partial charge in [0.15, 0.2) is 0 Å². The van der Waals surface area contributed by atoms with Gasteiger partial charge < -0.3 is 30.8 Å². The number of carboxylic acids is 1. The van der Waals surface area contributed by atoms with Crippen molar-refractivity contribution in [3.8, 4) is 0 Å². The molecule has 0 bridgehead atoms. The summed E-state index contributed by atoms with van der Waals surface area (Å²) in [6, 6.07) is 5.46. The molecule has 26 heavy (non-hydrogen) atoms. The van der Waals surface area contributed by atoms with E-state index in [0.717, 1.165) is 0 Å². The molecule has 1 unspecified atom stereocenters. The summed E-state index contributed by atoms with van der Waals surface area (Å²) in [5, 5.41) is 12.3. The highest BCUT2D eigenvalue weighted by Crippen LogP contribution is 2.20. The van der Waals surface area contributed by atoms with Crippen LogP contribution in [-0.2, 0) is 14.3 Å². The number of nitrogens with one attached hydrogen (secondary N) is 2. The lowest BCUT2D eigenvalue weighted by Crippen LogP contribution is -2.45.